The Labute approximate surface area is 162 Å². The van der Waals surface area contributed by atoms with Gasteiger partial charge < -0.3 is 10.2 Å². The van der Waals surface area contributed by atoms with E-state index in [9.17, 15) is 9.59 Å². The molecule has 4 nitrogen and oxygen atoms in total. The smallest absolute Gasteiger partial charge is 0.229 e. The van der Waals surface area contributed by atoms with E-state index in [0.29, 0.717) is 6.54 Å². The van der Waals surface area contributed by atoms with Crippen molar-refractivity contribution in [3.8, 4) is 0 Å². The summed E-state index contributed by atoms with van der Waals surface area (Å²) in [5.41, 5.74) is 2.89. The second kappa shape index (κ2) is 8.49. The molecule has 1 saturated heterocycles. The second-order valence-corrected chi connectivity index (χ2v) is 7.59. The highest BCUT2D eigenvalue weighted by molar-refractivity contribution is 9.10. The zero-order valence-corrected chi connectivity index (χ0v) is 16.5. The maximum absolute atomic E-state index is 12.6. The van der Waals surface area contributed by atoms with E-state index in [-0.39, 0.29) is 24.2 Å². The molecule has 2 amide bonds. The minimum atomic E-state index is -0.328. The van der Waals surface area contributed by atoms with Crippen LogP contribution in [0.4, 0.5) is 11.4 Å². The van der Waals surface area contributed by atoms with E-state index in [1.807, 2.05) is 36.4 Å². The highest BCUT2D eigenvalue weighted by atomic mass is 79.9. The molecule has 1 heterocycles. The first-order valence-electron chi connectivity index (χ1n) is 9.02. The van der Waals surface area contributed by atoms with Crippen LogP contribution in [0.5, 0.6) is 0 Å². The van der Waals surface area contributed by atoms with Crippen LogP contribution in [0, 0.1) is 5.92 Å². The molecular formula is C21H23BrN2O2. The summed E-state index contributed by atoms with van der Waals surface area (Å²) in [5, 5.41) is 2.94. The third-order valence-electron chi connectivity index (χ3n) is 4.67. The number of amides is 2. The number of hydrogen-bond acceptors (Lipinski definition) is 2. The predicted octanol–water partition coefficient (Wildman–Crippen LogP) is 4.78. The molecule has 2 aromatic rings. The van der Waals surface area contributed by atoms with Gasteiger partial charge in [0.1, 0.15) is 0 Å². The number of aryl methyl sites for hydroxylation is 1. The normalized spacial score (nSPS) is 16.8. The topological polar surface area (TPSA) is 49.4 Å². The lowest BCUT2D eigenvalue weighted by Gasteiger charge is -2.17. The first-order valence-corrected chi connectivity index (χ1v) is 9.82. The number of nitrogens with zero attached hydrogens (tertiary/aromatic N) is 1. The average Bonchev–Trinajstić information content (AvgIpc) is 3.04. The van der Waals surface area contributed by atoms with Crippen molar-refractivity contribution in [3.05, 3.63) is 58.6 Å². The lowest BCUT2D eigenvalue weighted by molar-refractivity contribution is -0.122. The molecule has 0 aromatic heterocycles. The average molecular weight is 415 g/mol. The molecule has 2 aromatic carbocycles. The Morgan fingerprint density at radius 3 is 2.50 bits per heavy atom. The molecule has 0 radical (unpaired) electrons. The van der Waals surface area contributed by atoms with Gasteiger partial charge >= 0.3 is 0 Å². The van der Waals surface area contributed by atoms with Gasteiger partial charge in [-0.1, -0.05) is 41.4 Å². The van der Waals surface area contributed by atoms with Crippen LogP contribution in [0.25, 0.3) is 0 Å². The second-order valence-electron chi connectivity index (χ2n) is 6.67. The number of halogens is 1. The van der Waals surface area contributed by atoms with Crippen LogP contribution in [-0.4, -0.2) is 18.4 Å². The summed E-state index contributed by atoms with van der Waals surface area (Å²) in [7, 11) is 0. The van der Waals surface area contributed by atoms with E-state index < -0.39 is 0 Å². The molecule has 3 rings (SSSR count). The molecule has 26 heavy (non-hydrogen) atoms. The van der Waals surface area contributed by atoms with E-state index in [2.05, 4.69) is 40.3 Å². The number of carbonyl (C=O) groups excluding carboxylic acids is 2. The number of benzene rings is 2. The minimum absolute atomic E-state index is 0.0117. The Hall–Kier alpha value is -2.14. The largest absolute Gasteiger partial charge is 0.326 e. The van der Waals surface area contributed by atoms with Gasteiger partial charge in [-0.25, -0.2) is 0 Å². The molecule has 1 fully saturated rings. The highest BCUT2D eigenvalue weighted by Gasteiger charge is 2.35. The molecule has 1 aliphatic heterocycles. The van der Waals surface area contributed by atoms with E-state index in [1.165, 1.54) is 18.4 Å². The summed E-state index contributed by atoms with van der Waals surface area (Å²) in [5.74, 6) is -0.437. The van der Waals surface area contributed by atoms with Gasteiger partial charge in [-0.15, -0.1) is 0 Å². The Balaban J connectivity index is 1.60. The van der Waals surface area contributed by atoms with Gasteiger partial charge in [-0.05, 0) is 54.8 Å². The lowest BCUT2D eigenvalue weighted by atomic mass is 10.1. The maximum Gasteiger partial charge on any atom is 0.229 e. The zero-order chi connectivity index (χ0) is 18.5. The molecule has 1 N–H and O–H groups in total. The van der Waals surface area contributed by atoms with Crippen molar-refractivity contribution >= 4 is 39.1 Å². The highest BCUT2D eigenvalue weighted by Crippen LogP contribution is 2.27. The third kappa shape index (κ3) is 4.52. The zero-order valence-electron chi connectivity index (χ0n) is 14.9. The molecule has 0 bridgehead atoms. The summed E-state index contributed by atoms with van der Waals surface area (Å²) in [4.78, 5) is 26.5. The number of carbonyl (C=O) groups is 2. The number of rotatable bonds is 6. The van der Waals surface area contributed by atoms with Gasteiger partial charge in [0.05, 0.1) is 5.92 Å². The Morgan fingerprint density at radius 2 is 1.85 bits per heavy atom. The molecule has 1 aliphatic rings. The predicted molar refractivity (Wildman–Crippen MR) is 108 cm³/mol. The molecule has 0 spiro atoms. The van der Waals surface area contributed by atoms with Crippen molar-refractivity contribution in [1.82, 2.24) is 0 Å². The molecule has 136 valence electrons. The van der Waals surface area contributed by atoms with E-state index >= 15 is 0 Å². The van der Waals surface area contributed by atoms with Gasteiger partial charge in [-0.2, -0.15) is 0 Å². The minimum Gasteiger partial charge on any atom is -0.326 e. The van der Waals surface area contributed by atoms with Crippen molar-refractivity contribution < 1.29 is 9.59 Å². The fourth-order valence-electron chi connectivity index (χ4n) is 3.13. The van der Waals surface area contributed by atoms with Crippen molar-refractivity contribution in [2.75, 3.05) is 16.8 Å². The van der Waals surface area contributed by atoms with Crippen LogP contribution in [-0.2, 0) is 16.0 Å². The molecule has 5 heteroatoms. The van der Waals surface area contributed by atoms with Gasteiger partial charge in [0, 0.05) is 28.8 Å². The molecule has 0 aliphatic carbocycles. The summed E-state index contributed by atoms with van der Waals surface area (Å²) in [6, 6.07) is 15.6. The van der Waals surface area contributed by atoms with Crippen molar-refractivity contribution in [2.24, 2.45) is 5.92 Å². The number of hydrogen-bond donors (Lipinski definition) is 1. The van der Waals surface area contributed by atoms with Crippen LogP contribution >= 0.6 is 15.9 Å². The van der Waals surface area contributed by atoms with Crippen LogP contribution < -0.4 is 10.2 Å². The van der Waals surface area contributed by atoms with Crippen molar-refractivity contribution in [1.29, 1.82) is 0 Å². The number of nitrogens with one attached hydrogen (secondary N) is 1. The van der Waals surface area contributed by atoms with Crippen LogP contribution in [0.3, 0.4) is 0 Å². The Morgan fingerprint density at radius 1 is 1.15 bits per heavy atom. The Bertz CT molecular complexity index is 772. The van der Waals surface area contributed by atoms with Crippen LogP contribution in [0.1, 0.15) is 31.7 Å². The van der Waals surface area contributed by atoms with Crippen LogP contribution in [0.2, 0.25) is 0 Å². The quantitative estimate of drug-likeness (QED) is 0.738. The molecule has 0 unspecified atom stereocenters. The lowest BCUT2D eigenvalue weighted by Crippen LogP contribution is -2.28. The molecule has 0 saturated carbocycles. The molecule has 1 atom stereocenters. The fourth-order valence-corrected chi connectivity index (χ4v) is 3.40. The molecular weight excluding hydrogens is 392 g/mol. The summed E-state index contributed by atoms with van der Waals surface area (Å²) >= 11 is 3.39. The standard InChI is InChI=1S/C21H23BrN2O2/c1-2-3-4-15-5-9-18(10-6-15)23-21(26)16-13-20(25)24(14-16)19-11-7-17(22)8-12-19/h5-12,16H,2-4,13-14H2,1H3,(H,23,26)/t16-/m0/s1. The first-order chi connectivity index (χ1) is 12.6. The van der Waals surface area contributed by atoms with Gasteiger partial charge in [-0.3, -0.25) is 9.59 Å². The van der Waals surface area contributed by atoms with Crippen molar-refractivity contribution in [2.45, 2.75) is 32.6 Å². The SMILES string of the molecule is CCCCc1ccc(NC(=O)[C@H]2CC(=O)N(c3ccc(Br)cc3)C2)cc1. The number of unbranched alkanes of at least 4 members (excludes halogenated alkanes) is 1. The van der Waals surface area contributed by atoms with Crippen LogP contribution in [0.15, 0.2) is 53.0 Å². The van der Waals surface area contributed by atoms with E-state index in [1.54, 1.807) is 4.90 Å². The third-order valence-corrected chi connectivity index (χ3v) is 5.20. The monoisotopic (exact) mass is 414 g/mol. The fraction of sp³-hybridized carbons (Fsp3) is 0.333. The van der Waals surface area contributed by atoms with Gasteiger partial charge in [0.25, 0.3) is 0 Å². The summed E-state index contributed by atoms with van der Waals surface area (Å²) < 4.78 is 0.963. The van der Waals surface area contributed by atoms with E-state index in [4.69, 9.17) is 0 Å². The first kappa shape index (κ1) is 18.6. The van der Waals surface area contributed by atoms with Gasteiger partial charge in [0.15, 0.2) is 0 Å². The Kier molecular flexibility index (Phi) is 6.09. The summed E-state index contributed by atoms with van der Waals surface area (Å²) in [6.45, 7) is 2.59. The van der Waals surface area contributed by atoms with E-state index in [0.717, 1.165) is 22.3 Å². The maximum atomic E-state index is 12.6. The number of anilines is 2. The van der Waals surface area contributed by atoms with Gasteiger partial charge in [0.2, 0.25) is 11.8 Å². The summed E-state index contributed by atoms with van der Waals surface area (Å²) in [6.07, 6.45) is 3.64. The van der Waals surface area contributed by atoms with Crippen molar-refractivity contribution in [3.63, 3.8) is 0 Å².